The molecule has 0 radical (unpaired) electrons. The molecule has 2 N–H and O–H groups in total. The molecule has 2 rings (SSSR count). The lowest BCUT2D eigenvalue weighted by molar-refractivity contribution is 0.102. The zero-order chi connectivity index (χ0) is 16.9. The molecule has 2 aromatic carbocycles. The summed E-state index contributed by atoms with van der Waals surface area (Å²) in [5, 5.41) is 2.74. The maximum absolute atomic E-state index is 12.1. The van der Waals surface area contributed by atoms with Crippen molar-refractivity contribution in [3.8, 4) is 0 Å². The van der Waals surface area contributed by atoms with Crippen LogP contribution in [0.1, 0.15) is 10.4 Å². The first-order valence-electron chi connectivity index (χ1n) is 6.70. The van der Waals surface area contributed by atoms with Crippen LogP contribution in [0.25, 0.3) is 0 Å². The summed E-state index contributed by atoms with van der Waals surface area (Å²) >= 11 is 3.32. The average molecular weight is 395 g/mol. The van der Waals surface area contributed by atoms with Crippen LogP contribution in [0.15, 0.2) is 70.6 Å². The molecule has 0 bridgehead atoms. The zero-order valence-electron chi connectivity index (χ0n) is 12.1. The summed E-state index contributed by atoms with van der Waals surface area (Å²) in [6.07, 6.45) is 1.46. The molecule has 120 valence electrons. The smallest absolute Gasteiger partial charge is 0.255 e. The highest BCUT2D eigenvalue weighted by molar-refractivity contribution is 9.10. The van der Waals surface area contributed by atoms with Crippen molar-refractivity contribution in [1.82, 2.24) is 4.72 Å². The molecule has 1 amide bonds. The highest BCUT2D eigenvalue weighted by Gasteiger charge is 2.14. The summed E-state index contributed by atoms with van der Waals surface area (Å²) in [5.41, 5.74) is 1.03. The Morgan fingerprint density at radius 3 is 2.26 bits per heavy atom. The van der Waals surface area contributed by atoms with Gasteiger partial charge in [0.15, 0.2) is 0 Å². The number of hydrogen-bond acceptors (Lipinski definition) is 3. The lowest BCUT2D eigenvalue weighted by Crippen LogP contribution is -2.23. The minimum Gasteiger partial charge on any atom is -0.322 e. The fourth-order valence-corrected chi connectivity index (χ4v) is 3.04. The minimum atomic E-state index is -3.59. The highest BCUT2D eigenvalue weighted by Crippen LogP contribution is 2.16. The number of carbonyl (C=O) groups excluding carboxylic acids is 1. The third kappa shape index (κ3) is 4.75. The van der Waals surface area contributed by atoms with Gasteiger partial charge in [0.25, 0.3) is 5.91 Å². The van der Waals surface area contributed by atoms with Gasteiger partial charge in [0, 0.05) is 22.3 Å². The number of amides is 1. The van der Waals surface area contributed by atoms with E-state index >= 15 is 0 Å². The Balaban J connectivity index is 2.11. The summed E-state index contributed by atoms with van der Waals surface area (Å²) in [5.74, 6) is -0.310. The fraction of sp³-hybridized carbons (Fsp3) is 0.0625. The first kappa shape index (κ1) is 17.4. The number of hydrogen-bond donors (Lipinski definition) is 2. The predicted molar refractivity (Wildman–Crippen MR) is 93.9 cm³/mol. The molecule has 0 aromatic heterocycles. The normalized spacial score (nSPS) is 11.0. The van der Waals surface area contributed by atoms with Gasteiger partial charge >= 0.3 is 0 Å². The number of nitrogens with one attached hydrogen (secondary N) is 2. The summed E-state index contributed by atoms with van der Waals surface area (Å²) < 4.78 is 27.1. The van der Waals surface area contributed by atoms with E-state index in [0.29, 0.717) is 11.3 Å². The van der Waals surface area contributed by atoms with Gasteiger partial charge in [-0.25, -0.2) is 13.1 Å². The largest absolute Gasteiger partial charge is 0.322 e. The first-order valence-corrected chi connectivity index (χ1v) is 8.97. The molecule has 0 unspecified atom stereocenters. The monoisotopic (exact) mass is 394 g/mol. The quantitative estimate of drug-likeness (QED) is 0.738. The molecule has 0 heterocycles. The molecule has 0 aliphatic heterocycles. The maximum Gasteiger partial charge on any atom is 0.255 e. The van der Waals surface area contributed by atoms with E-state index in [1.54, 1.807) is 12.1 Å². The van der Waals surface area contributed by atoms with Gasteiger partial charge in [0.2, 0.25) is 10.0 Å². The van der Waals surface area contributed by atoms with Crippen LogP contribution in [0, 0.1) is 0 Å². The summed E-state index contributed by atoms with van der Waals surface area (Å²) in [6, 6.07) is 12.9. The van der Waals surface area contributed by atoms with Gasteiger partial charge in [-0.15, -0.1) is 6.58 Å². The Labute approximate surface area is 143 Å². The highest BCUT2D eigenvalue weighted by atomic mass is 79.9. The van der Waals surface area contributed by atoms with Gasteiger partial charge in [0.05, 0.1) is 4.90 Å². The van der Waals surface area contributed by atoms with E-state index in [1.807, 2.05) is 12.1 Å². The fourth-order valence-electron chi connectivity index (χ4n) is 1.77. The van der Waals surface area contributed by atoms with Crippen molar-refractivity contribution in [2.75, 3.05) is 11.9 Å². The van der Waals surface area contributed by atoms with Crippen LogP contribution in [-0.2, 0) is 10.0 Å². The second-order valence-corrected chi connectivity index (χ2v) is 7.31. The molecule has 0 atom stereocenters. The molecule has 0 aliphatic carbocycles. The van der Waals surface area contributed by atoms with Crippen LogP contribution in [0.4, 0.5) is 5.69 Å². The number of benzene rings is 2. The van der Waals surface area contributed by atoms with Crippen molar-refractivity contribution in [2.24, 2.45) is 0 Å². The maximum atomic E-state index is 12.1. The van der Waals surface area contributed by atoms with Crippen molar-refractivity contribution < 1.29 is 13.2 Å². The van der Waals surface area contributed by atoms with E-state index < -0.39 is 10.0 Å². The molecule has 5 nitrogen and oxygen atoms in total. The van der Waals surface area contributed by atoms with E-state index in [0.717, 1.165) is 4.47 Å². The predicted octanol–water partition coefficient (Wildman–Crippen LogP) is 3.17. The van der Waals surface area contributed by atoms with E-state index in [2.05, 4.69) is 32.5 Å². The van der Waals surface area contributed by atoms with E-state index in [1.165, 1.54) is 30.3 Å². The molecule has 0 aliphatic rings. The van der Waals surface area contributed by atoms with E-state index in [9.17, 15) is 13.2 Å². The Morgan fingerprint density at radius 2 is 1.70 bits per heavy atom. The molecule has 7 heteroatoms. The average Bonchev–Trinajstić information content (AvgIpc) is 2.55. The van der Waals surface area contributed by atoms with Crippen LogP contribution < -0.4 is 10.0 Å². The standard InChI is InChI=1S/C16H15BrN2O3S/c1-2-11-18-23(21,22)15-9-3-12(4-10-15)16(20)19-14-7-5-13(17)6-8-14/h2-10,18H,1,11H2,(H,19,20). The number of anilines is 1. The van der Waals surface area contributed by atoms with Crippen molar-refractivity contribution >= 4 is 37.5 Å². The van der Waals surface area contributed by atoms with E-state index in [-0.39, 0.29) is 17.3 Å². The molecule has 0 saturated carbocycles. The number of halogens is 1. The van der Waals surface area contributed by atoms with Crippen LogP contribution in [0.5, 0.6) is 0 Å². The van der Waals surface area contributed by atoms with Gasteiger partial charge in [0.1, 0.15) is 0 Å². The molecule has 0 saturated heterocycles. The van der Waals surface area contributed by atoms with Gasteiger partial charge in [-0.05, 0) is 48.5 Å². The Morgan fingerprint density at radius 1 is 1.09 bits per heavy atom. The van der Waals surface area contributed by atoms with Crippen LogP contribution in [0.3, 0.4) is 0 Å². The van der Waals surface area contributed by atoms with Gasteiger partial charge in [-0.2, -0.15) is 0 Å². The lowest BCUT2D eigenvalue weighted by atomic mass is 10.2. The van der Waals surface area contributed by atoms with Crippen molar-refractivity contribution in [1.29, 1.82) is 0 Å². The molecule has 0 fully saturated rings. The third-order valence-corrected chi connectivity index (χ3v) is 4.91. The number of carbonyl (C=O) groups is 1. The Kier molecular flexibility index (Phi) is 5.70. The second kappa shape index (κ2) is 7.54. The molecule has 23 heavy (non-hydrogen) atoms. The van der Waals surface area contributed by atoms with Crippen LogP contribution >= 0.6 is 15.9 Å². The van der Waals surface area contributed by atoms with Gasteiger partial charge < -0.3 is 5.32 Å². The van der Waals surface area contributed by atoms with Gasteiger partial charge in [-0.3, -0.25) is 4.79 Å². The first-order chi connectivity index (χ1) is 10.9. The summed E-state index contributed by atoms with van der Waals surface area (Å²) in [7, 11) is -3.59. The van der Waals surface area contributed by atoms with Crippen LogP contribution in [-0.4, -0.2) is 20.9 Å². The zero-order valence-corrected chi connectivity index (χ0v) is 14.5. The van der Waals surface area contributed by atoms with Gasteiger partial charge in [-0.1, -0.05) is 22.0 Å². The third-order valence-electron chi connectivity index (χ3n) is 2.95. The van der Waals surface area contributed by atoms with Crippen LogP contribution in [0.2, 0.25) is 0 Å². The summed E-state index contributed by atoms with van der Waals surface area (Å²) in [4.78, 5) is 12.2. The Hall–Kier alpha value is -1.96. The molecule has 2 aromatic rings. The van der Waals surface area contributed by atoms with Crippen molar-refractivity contribution in [3.05, 3.63) is 71.2 Å². The van der Waals surface area contributed by atoms with Crippen molar-refractivity contribution in [3.63, 3.8) is 0 Å². The SMILES string of the molecule is C=CCNS(=O)(=O)c1ccc(C(=O)Nc2ccc(Br)cc2)cc1. The lowest BCUT2D eigenvalue weighted by Gasteiger charge is -2.07. The van der Waals surface area contributed by atoms with Crippen molar-refractivity contribution in [2.45, 2.75) is 4.90 Å². The summed E-state index contributed by atoms with van der Waals surface area (Å²) in [6.45, 7) is 3.60. The number of rotatable bonds is 6. The number of sulfonamides is 1. The molecular formula is C16H15BrN2O3S. The topological polar surface area (TPSA) is 75.3 Å². The second-order valence-electron chi connectivity index (χ2n) is 4.63. The Bertz CT molecular complexity index is 800. The molecular weight excluding hydrogens is 380 g/mol. The molecule has 0 spiro atoms. The minimum absolute atomic E-state index is 0.0968. The van der Waals surface area contributed by atoms with E-state index in [4.69, 9.17) is 0 Å².